The lowest BCUT2D eigenvalue weighted by atomic mass is 10.2. The van der Waals surface area contributed by atoms with E-state index in [0.717, 1.165) is 29.7 Å². The highest BCUT2D eigenvalue weighted by molar-refractivity contribution is 14.1. The number of carbonyl (C=O) groups excluding carboxylic acids is 1. The number of hydrogen-bond donors (Lipinski definition) is 2. The van der Waals surface area contributed by atoms with Crippen LogP contribution in [0.2, 0.25) is 0 Å². The van der Waals surface area contributed by atoms with Crippen LogP contribution in [0.3, 0.4) is 0 Å². The molecule has 0 aromatic heterocycles. The minimum atomic E-state index is -0.216. The van der Waals surface area contributed by atoms with E-state index in [1.54, 1.807) is 13.3 Å². The molecule has 2 rings (SSSR count). The highest BCUT2D eigenvalue weighted by Gasteiger charge is 2.07. The molecule has 7 heteroatoms. The fourth-order valence-corrected chi connectivity index (χ4v) is 4.15. The minimum absolute atomic E-state index is 0.155. The first-order valence-electron chi connectivity index (χ1n) is 7.15. The summed E-state index contributed by atoms with van der Waals surface area (Å²) in [5, 5.41) is 7.07. The van der Waals surface area contributed by atoms with Gasteiger partial charge in [0.25, 0.3) is 5.91 Å². The molecule has 0 spiro atoms. The number of hydrazone groups is 1. The average Bonchev–Trinajstić information content (AvgIpc) is 2.53. The number of methoxy groups -OCH3 is 1. The minimum Gasteiger partial charge on any atom is -0.495 e. The molecular weight excluding hydrogens is 532 g/mol. The number of aryl methyl sites for hydroxylation is 1. The van der Waals surface area contributed by atoms with Gasteiger partial charge in [-0.15, -0.1) is 0 Å². The number of nitrogens with zero attached hydrogens (tertiary/aromatic N) is 1. The standard InChI is InChI=1S/C17H17I2N3O2/c1-11-4-3-5-14(6-11)20-10-16(23)22-21-9-12-7-13(18)8-15(19)17(12)24-2/h3-9,20H,10H2,1-2H3,(H,22,23)/b21-9+. The normalized spacial score (nSPS) is 10.7. The lowest BCUT2D eigenvalue weighted by Gasteiger charge is -2.08. The van der Waals surface area contributed by atoms with Gasteiger partial charge in [-0.3, -0.25) is 4.79 Å². The number of carbonyl (C=O) groups is 1. The lowest BCUT2D eigenvalue weighted by Crippen LogP contribution is -2.25. The SMILES string of the molecule is COc1c(I)cc(I)cc1/C=N/NC(=O)CNc1cccc(C)c1. The summed E-state index contributed by atoms with van der Waals surface area (Å²) in [7, 11) is 1.62. The van der Waals surface area contributed by atoms with Gasteiger partial charge in [-0.05, 0) is 81.9 Å². The Balaban J connectivity index is 1.93. The van der Waals surface area contributed by atoms with Crippen molar-refractivity contribution in [3.63, 3.8) is 0 Å². The van der Waals surface area contributed by atoms with Crippen molar-refractivity contribution in [1.29, 1.82) is 0 Å². The lowest BCUT2D eigenvalue weighted by molar-refractivity contribution is -0.119. The summed E-state index contributed by atoms with van der Waals surface area (Å²) in [6.45, 7) is 2.16. The van der Waals surface area contributed by atoms with E-state index in [1.165, 1.54) is 0 Å². The molecule has 0 unspecified atom stereocenters. The van der Waals surface area contributed by atoms with Gasteiger partial charge in [0.05, 0.1) is 23.4 Å². The van der Waals surface area contributed by atoms with Crippen molar-refractivity contribution in [2.45, 2.75) is 6.92 Å². The average molecular weight is 549 g/mol. The first-order chi connectivity index (χ1) is 11.5. The number of rotatable bonds is 6. The van der Waals surface area contributed by atoms with Crippen molar-refractivity contribution in [2.75, 3.05) is 19.0 Å². The highest BCUT2D eigenvalue weighted by atomic mass is 127. The van der Waals surface area contributed by atoms with Crippen LogP contribution in [0.25, 0.3) is 0 Å². The van der Waals surface area contributed by atoms with Crippen molar-refractivity contribution in [2.24, 2.45) is 5.10 Å². The van der Waals surface area contributed by atoms with Gasteiger partial charge in [0.2, 0.25) is 0 Å². The quantitative estimate of drug-likeness (QED) is 0.328. The zero-order chi connectivity index (χ0) is 17.5. The molecule has 0 aliphatic heterocycles. The van der Waals surface area contributed by atoms with Gasteiger partial charge in [-0.1, -0.05) is 12.1 Å². The Hall–Kier alpha value is -1.36. The third-order valence-electron chi connectivity index (χ3n) is 3.11. The van der Waals surface area contributed by atoms with E-state index in [9.17, 15) is 4.79 Å². The van der Waals surface area contributed by atoms with E-state index < -0.39 is 0 Å². The smallest absolute Gasteiger partial charge is 0.259 e. The van der Waals surface area contributed by atoms with Crippen molar-refractivity contribution in [1.82, 2.24) is 5.43 Å². The van der Waals surface area contributed by atoms with E-state index in [2.05, 4.69) is 61.0 Å². The zero-order valence-electron chi connectivity index (χ0n) is 13.3. The molecule has 24 heavy (non-hydrogen) atoms. The summed E-state index contributed by atoms with van der Waals surface area (Å²) in [4.78, 5) is 11.9. The molecule has 2 aromatic carbocycles. The molecule has 0 aliphatic carbocycles. The van der Waals surface area contributed by atoms with Crippen LogP contribution < -0.4 is 15.5 Å². The second-order valence-electron chi connectivity index (χ2n) is 5.03. The van der Waals surface area contributed by atoms with Gasteiger partial charge in [0.1, 0.15) is 5.75 Å². The first kappa shape index (κ1) is 19.0. The van der Waals surface area contributed by atoms with Crippen LogP contribution in [-0.4, -0.2) is 25.8 Å². The summed E-state index contributed by atoms with van der Waals surface area (Å²) < 4.78 is 7.45. The van der Waals surface area contributed by atoms with E-state index in [1.807, 2.05) is 43.3 Å². The topological polar surface area (TPSA) is 62.7 Å². The van der Waals surface area contributed by atoms with Crippen LogP contribution in [0, 0.1) is 14.1 Å². The Labute approximate surface area is 168 Å². The summed E-state index contributed by atoms with van der Waals surface area (Å²) in [5.41, 5.74) is 5.38. The predicted molar refractivity (Wildman–Crippen MR) is 114 cm³/mol. The van der Waals surface area contributed by atoms with Crippen molar-refractivity contribution in [3.05, 3.63) is 54.7 Å². The number of nitrogens with one attached hydrogen (secondary N) is 2. The van der Waals surface area contributed by atoms with Crippen LogP contribution in [0.4, 0.5) is 5.69 Å². The number of ether oxygens (including phenoxy) is 1. The van der Waals surface area contributed by atoms with Crippen LogP contribution in [-0.2, 0) is 4.79 Å². The predicted octanol–water partition coefficient (Wildman–Crippen LogP) is 3.78. The van der Waals surface area contributed by atoms with Crippen molar-refractivity contribution >= 4 is 63.0 Å². The molecule has 0 heterocycles. The number of hydrogen-bond acceptors (Lipinski definition) is 4. The third kappa shape index (κ3) is 5.62. The van der Waals surface area contributed by atoms with Crippen LogP contribution in [0.1, 0.15) is 11.1 Å². The van der Waals surface area contributed by atoms with Crippen LogP contribution >= 0.6 is 45.2 Å². The van der Waals surface area contributed by atoms with Gasteiger partial charge < -0.3 is 10.1 Å². The number of benzene rings is 2. The van der Waals surface area contributed by atoms with Gasteiger partial charge in [-0.2, -0.15) is 5.10 Å². The molecule has 0 fully saturated rings. The Bertz CT molecular complexity index is 763. The Morgan fingerprint density at radius 3 is 2.79 bits per heavy atom. The maximum atomic E-state index is 11.9. The van der Waals surface area contributed by atoms with Gasteiger partial charge in [-0.25, -0.2) is 5.43 Å². The molecule has 0 aliphatic rings. The molecule has 5 nitrogen and oxygen atoms in total. The van der Waals surface area contributed by atoms with E-state index in [-0.39, 0.29) is 12.5 Å². The molecule has 126 valence electrons. The second kappa shape index (κ2) is 9.21. The molecule has 0 saturated carbocycles. The molecule has 0 radical (unpaired) electrons. The fourth-order valence-electron chi connectivity index (χ4n) is 2.04. The maximum Gasteiger partial charge on any atom is 0.259 e. The fraction of sp³-hybridized carbons (Fsp3) is 0.176. The molecule has 2 N–H and O–H groups in total. The Morgan fingerprint density at radius 1 is 1.29 bits per heavy atom. The number of anilines is 1. The van der Waals surface area contributed by atoms with Crippen molar-refractivity contribution in [3.8, 4) is 5.75 Å². The summed E-state index contributed by atoms with van der Waals surface area (Å²) in [5.74, 6) is 0.527. The van der Waals surface area contributed by atoms with Crippen LogP contribution in [0.15, 0.2) is 41.5 Å². The summed E-state index contributed by atoms with van der Waals surface area (Å²) >= 11 is 4.44. The van der Waals surface area contributed by atoms with Crippen LogP contribution in [0.5, 0.6) is 5.75 Å². The maximum absolute atomic E-state index is 11.9. The molecule has 1 amide bonds. The van der Waals surface area contributed by atoms with E-state index in [4.69, 9.17) is 4.74 Å². The molecular formula is C17H17I2N3O2. The second-order valence-corrected chi connectivity index (χ2v) is 7.43. The Kier molecular flexibility index (Phi) is 7.28. The van der Waals surface area contributed by atoms with E-state index in [0.29, 0.717) is 0 Å². The largest absolute Gasteiger partial charge is 0.495 e. The molecule has 0 atom stereocenters. The molecule has 0 bridgehead atoms. The van der Waals surface area contributed by atoms with Crippen molar-refractivity contribution < 1.29 is 9.53 Å². The summed E-state index contributed by atoms with van der Waals surface area (Å²) in [6, 6.07) is 11.8. The highest BCUT2D eigenvalue weighted by Crippen LogP contribution is 2.26. The monoisotopic (exact) mass is 549 g/mol. The molecule has 2 aromatic rings. The van der Waals surface area contributed by atoms with Gasteiger partial charge >= 0.3 is 0 Å². The van der Waals surface area contributed by atoms with Gasteiger partial charge in [0, 0.05) is 14.8 Å². The van der Waals surface area contributed by atoms with E-state index >= 15 is 0 Å². The third-order valence-corrected chi connectivity index (χ3v) is 4.53. The zero-order valence-corrected chi connectivity index (χ0v) is 17.6. The number of halogens is 2. The first-order valence-corrected chi connectivity index (χ1v) is 9.31. The molecule has 0 saturated heterocycles. The number of amides is 1. The van der Waals surface area contributed by atoms with Gasteiger partial charge in [0.15, 0.2) is 0 Å². The Morgan fingerprint density at radius 2 is 2.08 bits per heavy atom. The summed E-state index contributed by atoms with van der Waals surface area (Å²) in [6.07, 6.45) is 1.59.